The first-order chi connectivity index (χ1) is 13.7. The van der Waals surface area contributed by atoms with Crippen LogP contribution < -0.4 is 15.0 Å². The molecule has 1 heterocycles. The summed E-state index contributed by atoms with van der Waals surface area (Å²) >= 11 is 0. The molecule has 28 heavy (non-hydrogen) atoms. The van der Waals surface area contributed by atoms with E-state index >= 15 is 0 Å². The number of ether oxygens (including phenoxy) is 1. The predicted molar refractivity (Wildman–Crippen MR) is 112 cm³/mol. The van der Waals surface area contributed by atoms with Gasteiger partial charge < -0.3 is 15.0 Å². The van der Waals surface area contributed by atoms with Crippen molar-refractivity contribution in [3.05, 3.63) is 84.1 Å². The molecule has 0 atom stereocenters. The molecule has 0 unspecified atom stereocenters. The van der Waals surface area contributed by atoms with E-state index in [-0.39, 0.29) is 5.91 Å². The molecule has 0 bridgehead atoms. The second-order valence-electron chi connectivity index (χ2n) is 6.34. The van der Waals surface area contributed by atoms with E-state index in [1.54, 1.807) is 13.3 Å². The van der Waals surface area contributed by atoms with Gasteiger partial charge in [-0.15, -0.1) is 0 Å². The number of nitrogens with zero attached hydrogens (tertiary/aromatic N) is 2. The third kappa shape index (κ3) is 4.88. The van der Waals surface area contributed by atoms with E-state index in [1.165, 1.54) is 0 Å². The van der Waals surface area contributed by atoms with Gasteiger partial charge in [0.05, 0.1) is 12.7 Å². The van der Waals surface area contributed by atoms with E-state index in [9.17, 15) is 4.79 Å². The lowest BCUT2D eigenvalue weighted by atomic mass is 10.1. The van der Waals surface area contributed by atoms with Crippen LogP contribution in [0.2, 0.25) is 0 Å². The number of pyridine rings is 1. The Morgan fingerprint density at radius 3 is 2.39 bits per heavy atom. The lowest BCUT2D eigenvalue weighted by molar-refractivity contribution is 0.0954. The van der Waals surface area contributed by atoms with E-state index in [2.05, 4.69) is 22.1 Å². The molecule has 0 spiro atoms. The number of methoxy groups -OCH3 is 1. The van der Waals surface area contributed by atoms with Gasteiger partial charge in [-0.05, 0) is 55.3 Å². The summed E-state index contributed by atoms with van der Waals surface area (Å²) in [7, 11) is 1.65. The molecule has 0 fully saturated rings. The molecule has 1 aromatic heterocycles. The van der Waals surface area contributed by atoms with Crippen molar-refractivity contribution in [2.24, 2.45) is 0 Å². The van der Waals surface area contributed by atoms with Crippen LogP contribution in [-0.4, -0.2) is 31.1 Å². The smallest absolute Gasteiger partial charge is 0.252 e. The van der Waals surface area contributed by atoms with Gasteiger partial charge in [0, 0.05) is 25.0 Å². The average Bonchev–Trinajstić information content (AvgIpc) is 2.76. The summed E-state index contributed by atoms with van der Waals surface area (Å²) in [6.45, 7) is 3.44. The van der Waals surface area contributed by atoms with Crippen molar-refractivity contribution in [2.45, 2.75) is 13.3 Å². The van der Waals surface area contributed by atoms with Crippen molar-refractivity contribution in [3.63, 3.8) is 0 Å². The SMILES string of the molecule is CCN(c1ccccc1)c1ccc(C(=O)NCCc2ccc(OC)cc2)cn1. The highest BCUT2D eigenvalue weighted by Gasteiger charge is 2.10. The van der Waals surface area contributed by atoms with Gasteiger partial charge in [-0.1, -0.05) is 30.3 Å². The highest BCUT2D eigenvalue weighted by Crippen LogP contribution is 2.22. The Morgan fingerprint density at radius 1 is 1.04 bits per heavy atom. The summed E-state index contributed by atoms with van der Waals surface area (Å²) in [6, 6.07) is 21.6. The maximum atomic E-state index is 12.4. The molecule has 3 rings (SSSR count). The highest BCUT2D eigenvalue weighted by molar-refractivity contribution is 5.94. The highest BCUT2D eigenvalue weighted by atomic mass is 16.5. The summed E-state index contributed by atoms with van der Waals surface area (Å²) in [6.07, 6.45) is 2.39. The number of carbonyl (C=O) groups is 1. The minimum Gasteiger partial charge on any atom is -0.497 e. The first-order valence-electron chi connectivity index (χ1n) is 9.41. The lowest BCUT2D eigenvalue weighted by Crippen LogP contribution is -2.26. The summed E-state index contributed by atoms with van der Waals surface area (Å²) in [5, 5.41) is 2.95. The molecule has 5 nitrogen and oxygen atoms in total. The molecule has 0 saturated heterocycles. The van der Waals surface area contributed by atoms with Crippen LogP contribution in [0.1, 0.15) is 22.8 Å². The maximum Gasteiger partial charge on any atom is 0.252 e. The molecule has 3 aromatic rings. The molecule has 1 N–H and O–H groups in total. The molecule has 2 aromatic carbocycles. The van der Waals surface area contributed by atoms with Crippen molar-refractivity contribution in [2.75, 3.05) is 25.1 Å². The van der Waals surface area contributed by atoms with Crippen LogP contribution in [0.4, 0.5) is 11.5 Å². The first-order valence-corrected chi connectivity index (χ1v) is 9.41. The number of hydrogen-bond acceptors (Lipinski definition) is 4. The number of para-hydroxylation sites is 1. The Hall–Kier alpha value is -3.34. The van der Waals surface area contributed by atoms with Gasteiger partial charge in [-0.3, -0.25) is 4.79 Å². The van der Waals surface area contributed by atoms with Crippen molar-refractivity contribution < 1.29 is 9.53 Å². The average molecular weight is 375 g/mol. The number of rotatable bonds is 8. The second kappa shape index (κ2) is 9.55. The van der Waals surface area contributed by atoms with Crippen molar-refractivity contribution in [1.29, 1.82) is 0 Å². The number of anilines is 2. The van der Waals surface area contributed by atoms with Gasteiger partial charge in [0.15, 0.2) is 0 Å². The number of hydrogen-bond donors (Lipinski definition) is 1. The normalized spacial score (nSPS) is 10.4. The van der Waals surface area contributed by atoms with Gasteiger partial charge in [-0.2, -0.15) is 0 Å². The number of amides is 1. The fourth-order valence-corrected chi connectivity index (χ4v) is 2.98. The van der Waals surface area contributed by atoms with Crippen LogP contribution in [0.5, 0.6) is 5.75 Å². The van der Waals surface area contributed by atoms with E-state index in [0.717, 1.165) is 35.8 Å². The fraction of sp³-hybridized carbons (Fsp3) is 0.217. The van der Waals surface area contributed by atoms with Crippen LogP contribution in [0, 0.1) is 0 Å². The Balaban J connectivity index is 1.57. The third-order valence-corrected chi connectivity index (χ3v) is 4.53. The minimum atomic E-state index is -0.115. The minimum absolute atomic E-state index is 0.115. The molecule has 0 aliphatic rings. The Kier molecular flexibility index (Phi) is 6.63. The largest absolute Gasteiger partial charge is 0.497 e. The number of aromatic nitrogens is 1. The zero-order chi connectivity index (χ0) is 19.8. The van der Waals surface area contributed by atoms with Crippen LogP contribution in [0.25, 0.3) is 0 Å². The van der Waals surface area contributed by atoms with E-state index in [0.29, 0.717) is 12.1 Å². The van der Waals surface area contributed by atoms with Gasteiger partial charge in [0.1, 0.15) is 11.6 Å². The van der Waals surface area contributed by atoms with E-state index in [4.69, 9.17) is 4.74 Å². The van der Waals surface area contributed by atoms with Crippen molar-refractivity contribution in [1.82, 2.24) is 10.3 Å². The number of benzene rings is 2. The molecule has 0 aliphatic carbocycles. The van der Waals surface area contributed by atoms with E-state index in [1.807, 2.05) is 66.7 Å². The van der Waals surface area contributed by atoms with Crippen LogP contribution in [0.15, 0.2) is 72.9 Å². The fourth-order valence-electron chi connectivity index (χ4n) is 2.98. The summed E-state index contributed by atoms with van der Waals surface area (Å²) in [4.78, 5) is 19.0. The van der Waals surface area contributed by atoms with Gasteiger partial charge in [0.2, 0.25) is 0 Å². The topological polar surface area (TPSA) is 54.5 Å². The molecule has 0 saturated carbocycles. The van der Waals surface area contributed by atoms with Crippen molar-refractivity contribution in [3.8, 4) is 5.75 Å². The van der Waals surface area contributed by atoms with E-state index < -0.39 is 0 Å². The molecule has 0 radical (unpaired) electrons. The Bertz CT molecular complexity index is 878. The third-order valence-electron chi connectivity index (χ3n) is 4.53. The Morgan fingerprint density at radius 2 is 1.79 bits per heavy atom. The first kappa shape index (κ1) is 19.4. The zero-order valence-electron chi connectivity index (χ0n) is 16.3. The Labute approximate surface area is 166 Å². The zero-order valence-corrected chi connectivity index (χ0v) is 16.3. The summed E-state index contributed by atoms with van der Waals surface area (Å²) in [5.74, 6) is 1.54. The molecule has 0 aliphatic heterocycles. The van der Waals surface area contributed by atoms with Crippen LogP contribution in [0.3, 0.4) is 0 Å². The molecular formula is C23H25N3O2. The molecule has 5 heteroatoms. The standard InChI is InChI=1S/C23H25N3O2/c1-3-26(20-7-5-4-6-8-20)22-14-11-19(17-25-22)23(27)24-16-15-18-9-12-21(28-2)13-10-18/h4-14,17H,3,15-16H2,1-2H3,(H,24,27). The monoisotopic (exact) mass is 375 g/mol. The van der Waals surface area contributed by atoms with Gasteiger partial charge >= 0.3 is 0 Å². The number of nitrogens with one attached hydrogen (secondary N) is 1. The van der Waals surface area contributed by atoms with Gasteiger partial charge in [0.25, 0.3) is 5.91 Å². The quantitative estimate of drug-likeness (QED) is 0.640. The maximum absolute atomic E-state index is 12.4. The van der Waals surface area contributed by atoms with Crippen LogP contribution in [-0.2, 0) is 6.42 Å². The second-order valence-corrected chi connectivity index (χ2v) is 6.34. The van der Waals surface area contributed by atoms with Crippen LogP contribution >= 0.6 is 0 Å². The molecule has 144 valence electrons. The number of carbonyl (C=O) groups excluding carboxylic acids is 1. The molecule has 1 amide bonds. The summed E-state index contributed by atoms with van der Waals surface area (Å²) in [5.41, 5.74) is 2.79. The summed E-state index contributed by atoms with van der Waals surface area (Å²) < 4.78 is 5.15. The lowest BCUT2D eigenvalue weighted by Gasteiger charge is -2.22. The van der Waals surface area contributed by atoms with Crippen molar-refractivity contribution >= 4 is 17.4 Å². The van der Waals surface area contributed by atoms with Gasteiger partial charge in [-0.25, -0.2) is 4.98 Å². The predicted octanol–water partition coefficient (Wildman–Crippen LogP) is 4.22. The molecular weight excluding hydrogens is 350 g/mol.